The Balaban J connectivity index is 0.000000606. The van der Waals surface area contributed by atoms with Gasteiger partial charge in [-0.15, -0.1) is 0 Å². The largest absolute Gasteiger partial charge is 0.302 e. The molecule has 0 atom stereocenters. The van der Waals surface area contributed by atoms with Gasteiger partial charge in [0.25, 0.3) is 5.56 Å². The molecule has 0 saturated heterocycles. The van der Waals surface area contributed by atoms with E-state index < -0.39 is 17.2 Å². The minimum Gasteiger partial charge on any atom is -0.302 e. The smallest absolute Gasteiger partial charge is 0.264 e. The van der Waals surface area contributed by atoms with Gasteiger partial charge in [0, 0.05) is 7.05 Å². The molecule has 0 N–H and O–H groups in total. The number of aryl methyl sites for hydroxylation is 1. The topological polar surface area (TPSA) is 34.9 Å². The highest BCUT2D eigenvalue weighted by Crippen LogP contribution is 2.14. The van der Waals surface area contributed by atoms with Crippen molar-refractivity contribution in [2.24, 2.45) is 7.05 Å². The van der Waals surface area contributed by atoms with Gasteiger partial charge in [0.05, 0.1) is 11.8 Å². The Morgan fingerprint density at radius 1 is 1.25 bits per heavy atom. The average Bonchev–Trinajstić information content (AvgIpc) is 2.31. The highest BCUT2D eigenvalue weighted by Gasteiger charge is 2.11. The first-order valence-electron chi connectivity index (χ1n) is 4.90. The quantitative estimate of drug-likeness (QED) is 0.690. The van der Waals surface area contributed by atoms with Crippen LogP contribution in [0.4, 0.5) is 8.78 Å². The molecular weight excluding hydrogens is 214 g/mol. The molecule has 0 spiro atoms. The summed E-state index contributed by atoms with van der Waals surface area (Å²) in [4.78, 5) is 15.2. The molecule has 2 rings (SSSR count). The van der Waals surface area contributed by atoms with Crippen molar-refractivity contribution in [1.29, 1.82) is 0 Å². The first-order chi connectivity index (χ1) is 7.61. The molecule has 1 heterocycles. The van der Waals surface area contributed by atoms with Crippen molar-refractivity contribution in [2.75, 3.05) is 0 Å². The van der Waals surface area contributed by atoms with Gasteiger partial charge >= 0.3 is 0 Å². The third-order valence-electron chi connectivity index (χ3n) is 1.98. The zero-order valence-corrected chi connectivity index (χ0v) is 9.29. The summed E-state index contributed by atoms with van der Waals surface area (Å²) < 4.78 is 27.1. The molecule has 0 aliphatic rings. The van der Waals surface area contributed by atoms with E-state index in [2.05, 4.69) is 4.98 Å². The maximum absolute atomic E-state index is 13.2. The summed E-state index contributed by atoms with van der Waals surface area (Å²) in [5.74, 6) is -2.18. The summed E-state index contributed by atoms with van der Waals surface area (Å²) in [6.45, 7) is 4.00. The zero-order chi connectivity index (χ0) is 12.3. The SMILES string of the molecule is CC.Cn1cnc2ccc(F)c(F)c2c1=O. The summed E-state index contributed by atoms with van der Waals surface area (Å²) in [6.07, 6.45) is 1.27. The number of halogens is 2. The van der Waals surface area contributed by atoms with Gasteiger partial charge in [-0.2, -0.15) is 0 Å². The fourth-order valence-electron chi connectivity index (χ4n) is 1.23. The predicted octanol–water partition coefficient (Wildman–Crippen LogP) is 2.24. The molecule has 0 aliphatic carbocycles. The summed E-state index contributed by atoms with van der Waals surface area (Å²) in [7, 11) is 1.43. The number of aromatic nitrogens is 2. The Kier molecular flexibility index (Phi) is 3.71. The number of hydrogen-bond donors (Lipinski definition) is 0. The molecule has 2 aromatic rings. The van der Waals surface area contributed by atoms with Crippen LogP contribution in [0.1, 0.15) is 13.8 Å². The Bertz CT molecular complexity index is 558. The molecule has 3 nitrogen and oxygen atoms in total. The third-order valence-corrected chi connectivity index (χ3v) is 1.98. The molecule has 0 fully saturated rings. The van der Waals surface area contributed by atoms with Crippen molar-refractivity contribution >= 4 is 10.9 Å². The van der Waals surface area contributed by atoms with Crippen molar-refractivity contribution in [2.45, 2.75) is 13.8 Å². The first-order valence-corrected chi connectivity index (χ1v) is 4.90. The Labute approximate surface area is 91.4 Å². The molecule has 0 saturated carbocycles. The zero-order valence-electron chi connectivity index (χ0n) is 9.29. The van der Waals surface area contributed by atoms with Gasteiger partial charge in [-0.3, -0.25) is 4.79 Å². The van der Waals surface area contributed by atoms with Gasteiger partial charge in [-0.05, 0) is 12.1 Å². The fourth-order valence-corrected chi connectivity index (χ4v) is 1.23. The predicted molar refractivity (Wildman–Crippen MR) is 58.2 cm³/mol. The van der Waals surface area contributed by atoms with Crippen molar-refractivity contribution in [3.8, 4) is 0 Å². The van der Waals surface area contributed by atoms with Crippen LogP contribution in [0.25, 0.3) is 10.9 Å². The van der Waals surface area contributed by atoms with Crippen LogP contribution in [0.5, 0.6) is 0 Å². The fraction of sp³-hybridized carbons (Fsp3) is 0.273. The molecule has 1 aromatic carbocycles. The molecular formula is C11H12F2N2O. The van der Waals surface area contributed by atoms with Gasteiger partial charge in [0.1, 0.15) is 5.39 Å². The number of benzene rings is 1. The summed E-state index contributed by atoms with van der Waals surface area (Å²) in [5.41, 5.74) is -0.431. The molecule has 0 aliphatic heterocycles. The molecule has 86 valence electrons. The van der Waals surface area contributed by atoms with Gasteiger partial charge in [0.2, 0.25) is 0 Å². The van der Waals surface area contributed by atoms with Crippen molar-refractivity contribution in [3.05, 3.63) is 40.4 Å². The lowest BCUT2D eigenvalue weighted by molar-refractivity contribution is 0.515. The van der Waals surface area contributed by atoms with Gasteiger partial charge in [0.15, 0.2) is 11.6 Å². The van der Waals surface area contributed by atoms with Crippen LogP contribution in [0.2, 0.25) is 0 Å². The molecule has 5 heteroatoms. The lowest BCUT2D eigenvalue weighted by Gasteiger charge is -2.01. The first kappa shape index (κ1) is 12.3. The number of nitrogens with zero attached hydrogens (tertiary/aromatic N) is 2. The van der Waals surface area contributed by atoms with E-state index in [-0.39, 0.29) is 10.9 Å². The molecule has 0 radical (unpaired) electrons. The molecule has 0 bridgehead atoms. The second kappa shape index (κ2) is 4.83. The van der Waals surface area contributed by atoms with Crippen LogP contribution in [-0.2, 0) is 7.05 Å². The lowest BCUT2D eigenvalue weighted by Crippen LogP contribution is -2.18. The van der Waals surface area contributed by atoms with E-state index in [9.17, 15) is 13.6 Å². The third kappa shape index (κ3) is 1.93. The monoisotopic (exact) mass is 226 g/mol. The second-order valence-electron chi connectivity index (χ2n) is 2.92. The van der Waals surface area contributed by atoms with Crippen molar-refractivity contribution in [3.63, 3.8) is 0 Å². The second-order valence-corrected chi connectivity index (χ2v) is 2.92. The Morgan fingerprint density at radius 2 is 1.88 bits per heavy atom. The van der Waals surface area contributed by atoms with E-state index in [4.69, 9.17) is 0 Å². The van der Waals surface area contributed by atoms with E-state index in [1.807, 2.05) is 13.8 Å². The van der Waals surface area contributed by atoms with E-state index >= 15 is 0 Å². The van der Waals surface area contributed by atoms with Crippen molar-refractivity contribution < 1.29 is 8.78 Å². The standard InChI is InChI=1S/C9H6F2N2O.C2H6/c1-13-4-12-6-3-2-5(10)8(11)7(6)9(13)14;1-2/h2-4H,1H3;1-2H3. The summed E-state index contributed by atoms with van der Waals surface area (Å²) in [6, 6.07) is 2.22. The van der Waals surface area contributed by atoms with Crippen molar-refractivity contribution in [1.82, 2.24) is 9.55 Å². The molecule has 1 aromatic heterocycles. The maximum Gasteiger partial charge on any atom is 0.264 e. The Hall–Kier alpha value is -1.78. The highest BCUT2D eigenvalue weighted by molar-refractivity contribution is 5.77. The van der Waals surface area contributed by atoms with Crippen LogP contribution >= 0.6 is 0 Å². The minimum atomic E-state index is -1.14. The Morgan fingerprint density at radius 3 is 2.50 bits per heavy atom. The summed E-state index contributed by atoms with van der Waals surface area (Å²) in [5, 5.41) is -0.310. The molecule has 16 heavy (non-hydrogen) atoms. The van der Waals surface area contributed by atoms with E-state index in [1.54, 1.807) is 0 Å². The van der Waals surface area contributed by atoms with Crippen LogP contribution in [0, 0.1) is 11.6 Å². The average molecular weight is 226 g/mol. The highest BCUT2D eigenvalue weighted by atomic mass is 19.2. The van der Waals surface area contributed by atoms with E-state index in [0.29, 0.717) is 0 Å². The number of rotatable bonds is 0. The molecule has 0 unspecified atom stereocenters. The maximum atomic E-state index is 13.2. The van der Waals surface area contributed by atoms with Crippen LogP contribution in [0.15, 0.2) is 23.3 Å². The van der Waals surface area contributed by atoms with Gasteiger partial charge in [-0.25, -0.2) is 13.8 Å². The lowest BCUT2D eigenvalue weighted by atomic mass is 10.2. The van der Waals surface area contributed by atoms with Crippen LogP contribution in [-0.4, -0.2) is 9.55 Å². The normalized spacial score (nSPS) is 9.81. The van der Waals surface area contributed by atoms with Crippen LogP contribution < -0.4 is 5.56 Å². The van der Waals surface area contributed by atoms with Crippen LogP contribution in [0.3, 0.4) is 0 Å². The van der Waals surface area contributed by atoms with Gasteiger partial charge < -0.3 is 4.57 Å². The number of fused-ring (bicyclic) bond motifs is 1. The van der Waals surface area contributed by atoms with E-state index in [0.717, 1.165) is 10.6 Å². The number of hydrogen-bond acceptors (Lipinski definition) is 2. The molecule has 0 amide bonds. The van der Waals surface area contributed by atoms with Gasteiger partial charge in [-0.1, -0.05) is 13.8 Å². The van der Waals surface area contributed by atoms with E-state index in [1.165, 1.54) is 19.4 Å². The summed E-state index contributed by atoms with van der Waals surface area (Å²) >= 11 is 0. The minimum absolute atomic E-state index is 0.159.